The number of nitrogens with zero attached hydrogens (tertiary/aromatic N) is 1. The average Bonchev–Trinajstić information content (AvgIpc) is 2.15. The van der Waals surface area contributed by atoms with E-state index in [2.05, 4.69) is 0 Å². The third-order valence-corrected chi connectivity index (χ3v) is 2.59. The topological polar surface area (TPSA) is 75.8 Å². The molecule has 0 spiro atoms. The number of rotatable bonds is 1. The molecule has 1 heterocycles. The number of carbonyl (C=O) groups excluding carboxylic acids is 1. The Morgan fingerprint density at radius 1 is 1.56 bits per heavy atom. The van der Waals surface area contributed by atoms with Gasteiger partial charge in [0.25, 0.3) is 0 Å². The zero-order valence-electron chi connectivity index (χ0n) is 10.3. The Kier molecular flexibility index (Phi) is 4.15. The van der Waals surface area contributed by atoms with E-state index in [1.807, 2.05) is 20.8 Å². The first-order valence-corrected chi connectivity index (χ1v) is 5.71. The molecule has 0 saturated carbocycles. The molecule has 0 aromatic heterocycles. The van der Waals surface area contributed by atoms with Gasteiger partial charge in [0, 0.05) is 19.0 Å². The minimum absolute atomic E-state index is 0.0405. The highest BCUT2D eigenvalue weighted by molar-refractivity contribution is 5.68. The molecule has 3 N–H and O–H groups in total. The normalized spacial score (nSPS) is 24.1. The van der Waals surface area contributed by atoms with Gasteiger partial charge in [-0.25, -0.2) is 4.79 Å². The predicted molar refractivity (Wildman–Crippen MR) is 60.7 cm³/mol. The van der Waals surface area contributed by atoms with E-state index >= 15 is 0 Å². The van der Waals surface area contributed by atoms with Gasteiger partial charge in [0.1, 0.15) is 11.8 Å². The smallest absolute Gasteiger partial charge is 0.410 e. The molecule has 5 heteroatoms. The zero-order valence-corrected chi connectivity index (χ0v) is 10.3. The third-order valence-electron chi connectivity index (χ3n) is 2.59. The summed E-state index contributed by atoms with van der Waals surface area (Å²) in [5.41, 5.74) is 4.95. The maximum Gasteiger partial charge on any atom is 0.410 e. The minimum Gasteiger partial charge on any atom is -0.444 e. The monoisotopic (exact) mass is 230 g/mol. The van der Waals surface area contributed by atoms with E-state index in [-0.39, 0.29) is 12.0 Å². The van der Waals surface area contributed by atoms with E-state index in [0.717, 1.165) is 12.8 Å². The minimum atomic E-state index is -0.856. The van der Waals surface area contributed by atoms with Gasteiger partial charge in [0.2, 0.25) is 0 Å². The fourth-order valence-electron chi connectivity index (χ4n) is 1.78. The van der Waals surface area contributed by atoms with Crippen LogP contribution in [0.3, 0.4) is 0 Å². The van der Waals surface area contributed by atoms with Gasteiger partial charge in [-0.3, -0.25) is 0 Å². The Hall–Kier alpha value is -0.810. The summed E-state index contributed by atoms with van der Waals surface area (Å²) in [5.74, 6) is -0.0405. The number of hydrogen-bond donors (Lipinski definition) is 2. The SMILES string of the molecule is CC(C)(C)OC(=O)N1CCCC(C(N)O)C1. The Labute approximate surface area is 96.6 Å². The van der Waals surface area contributed by atoms with Crippen molar-refractivity contribution >= 4 is 6.09 Å². The van der Waals surface area contributed by atoms with Crippen molar-refractivity contribution < 1.29 is 14.6 Å². The van der Waals surface area contributed by atoms with Crippen molar-refractivity contribution in [2.45, 2.75) is 45.4 Å². The summed E-state index contributed by atoms with van der Waals surface area (Å²) < 4.78 is 5.27. The van der Waals surface area contributed by atoms with Crippen LogP contribution in [0.4, 0.5) is 4.79 Å². The number of carbonyl (C=O) groups is 1. The molecule has 5 nitrogen and oxygen atoms in total. The predicted octanol–water partition coefficient (Wildman–Crippen LogP) is 0.911. The fraction of sp³-hybridized carbons (Fsp3) is 0.909. The van der Waals surface area contributed by atoms with Gasteiger partial charge in [-0.1, -0.05) is 0 Å². The highest BCUT2D eigenvalue weighted by Gasteiger charge is 2.29. The van der Waals surface area contributed by atoms with Crippen molar-refractivity contribution in [3.8, 4) is 0 Å². The summed E-state index contributed by atoms with van der Waals surface area (Å²) in [6, 6.07) is 0. The third kappa shape index (κ3) is 3.98. The lowest BCUT2D eigenvalue weighted by Gasteiger charge is -2.35. The molecule has 0 bridgehead atoms. The van der Waals surface area contributed by atoms with Crippen molar-refractivity contribution in [1.82, 2.24) is 4.90 Å². The molecule has 0 aliphatic carbocycles. The summed E-state index contributed by atoms with van der Waals surface area (Å²) in [4.78, 5) is 13.4. The fourth-order valence-corrected chi connectivity index (χ4v) is 1.78. The summed E-state index contributed by atoms with van der Waals surface area (Å²) in [6.45, 7) is 6.67. The van der Waals surface area contributed by atoms with Gasteiger partial charge in [-0.2, -0.15) is 0 Å². The highest BCUT2D eigenvalue weighted by Crippen LogP contribution is 2.20. The van der Waals surface area contributed by atoms with Crippen LogP contribution in [0.25, 0.3) is 0 Å². The molecular weight excluding hydrogens is 208 g/mol. The van der Waals surface area contributed by atoms with Gasteiger partial charge >= 0.3 is 6.09 Å². The van der Waals surface area contributed by atoms with Crippen LogP contribution in [0.1, 0.15) is 33.6 Å². The van der Waals surface area contributed by atoms with E-state index in [9.17, 15) is 9.90 Å². The number of hydrogen-bond acceptors (Lipinski definition) is 4. The Bertz CT molecular complexity index is 248. The van der Waals surface area contributed by atoms with Crippen LogP contribution in [-0.4, -0.2) is 41.0 Å². The van der Waals surface area contributed by atoms with Crippen LogP contribution in [0.2, 0.25) is 0 Å². The van der Waals surface area contributed by atoms with E-state index < -0.39 is 11.8 Å². The molecule has 0 radical (unpaired) electrons. The highest BCUT2D eigenvalue weighted by atomic mass is 16.6. The largest absolute Gasteiger partial charge is 0.444 e. The second-order valence-corrected chi connectivity index (χ2v) is 5.32. The van der Waals surface area contributed by atoms with Crippen LogP contribution in [-0.2, 0) is 4.74 Å². The van der Waals surface area contributed by atoms with Crippen LogP contribution < -0.4 is 5.73 Å². The van der Waals surface area contributed by atoms with Crippen molar-refractivity contribution in [3.63, 3.8) is 0 Å². The van der Waals surface area contributed by atoms with E-state index in [1.54, 1.807) is 4.90 Å². The Morgan fingerprint density at radius 2 is 2.19 bits per heavy atom. The molecule has 1 saturated heterocycles. The molecule has 2 atom stereocenters. The molecule has 1 aliphatic rings. The van der Waals surface area contributed by atoms with Gasteiger partial charge in [-0.15, -0.1) is 0 Å². The molecule has 94 valence electrons. The molecule has 16 heavy (non-hydrogen) atoms. The van der Waals surface area contributed by atoms with Crippen LogP contribution >= 0.6 is 0 Å². The van der Waals surface area contributed by atoms with Crippen LogP contribution in [0.15, 0.2) is 0 Å². The number of likely N-dealkylation sites (tertiary alicyclic amines) is 1. The molecule has 1 amide bonds. The second kappa shape index (κ2) is 5.01. The quantitative estimate of drug-likeness (QED) is 0.656. The Balaban J connectivity index is 2.50. The molecule has 0 aromatic carbocycles. The number of aliphatic hydroxyl groups excluding tert-OH is 1. The lowest BCUT2D eigenvalue weighted by atomic mass is 9.97. The summed E-state index contributed by atoms with van der Waals surface area (Å²) >= 11 is 0. The number of aliphatic hydroxyl groups is 1. The molecule has 2 unspecified atom stereocenters. The molecule has 1 rings (SSSR count). The van der Waals surface area contributed by atoms with Crippen molar-refractivity contribution in [1.29, 1.82) is 0 Å². The lowest BCUT2D eigenvalue weighted by Crippen LogP contribution is -2.47. The number of amides is 1. The standard InChI is InChI=1S/C11H22N2O3/c1-11(2,3)16-10(15)13-6-4-5-8(7-13)9(12)14/h8-9,14H,4-7,12H2,1-3H3. The van der Waals surface area contributed by atoms with Crippen LogP contribution in [0, 0.1) is 5.92 Å². The van der Waals surface area contributed by atoms with Crippen molar-refractivity contribution in [2.75, 3.05) is 13.1 Å². The first-order chi connectivity index (χ1) is 7.29. The summed E-state index contributed by atoms with van der Waals surface area (Å²) in [7, 11) is 0. The van der Waals surface area contributed by atoms with E-state index in [1.165, 1.54) is 0 Å². The number of nitrogens with two attached hydrogens (primary N) is 1. The maximum atomic E-state index is 11.8. The first-order valence-electron chi connectivity index (χ1n) is 5.71. The molecular formula is C11H22N2O3. The first kappa shape index (κ1) is 13.3. The van der Waals surface area contributed by atoms with E-state index in [0.29, 0.717) is 13.1 Å². The van der Waals surface area contributed by atoms with Gasteiger partial charge in [0.15, 0.2) is 0 Å². The summed E-state index contributed by atoms with van der Waals surface area (Å²) in [6.07, 6.45) is 0.540. The number of ether oxygens (including phenoxy) is 1. The average molecular weight is 230 g/mol. The summed E-state index contributed by atoms with van der Waals surface area (Å²) in [5, 5.41) is 9.31. The van der Waals surface area contributed by atoms with Crippen molar-refractivity contribution in [2.24, 2.45) is 11.7 Å². The van der Waals surface area contributed by atoms with Gasteiger partial charge in [0.05, 0.1) is 0 Å². The van der Waals surface area contributed by atoms with Crippen LogP contribution in [0.5, 0.6) is 0 Å². The van der Waals surface area contributed by atoms with Crippen molar-refractivity contribution in [3.05, 3.63) is 0 Å². The molecule has 0 aromatic rings. The zero-order chi connectivity index (χ0) is 12.3. The van der Waals surface area contributed by atoms with Gasteiger partial charge in [-0.05, 0) is 33.6 Å². The van der Waals surface area contributed by atoms with E-state index in [4.69, 9.17) is 10.5 Å². The number of piperidine rings is 1. The lowest BCUT2D eigenvalue weighted by molar-refractivity contribution is 0.00385. The van der Waals surface area contributed by atoms with Gasteiger partial charge < -0.3 is 20.5 Å². The Morgan fingerprint density at radius 3 is 2.69 bits per heavy atom. The molecule has 1 fully saturated rings. The second-order valence-electron chi connectivity index (χ2n) is 5.32. The maximum absolute atomic E-state index is 11.8. The molecule has 1 aliphatic heterocycles.